The fourth-order valence-electron chi connectivity index (χ4n) is 3.14. The summed E-state index contributed by atoms with van der Waals surface area (Å²) in [6.45, 7) is 4.00. The van der Waals surface area contributed by atoms with Gasteiger partial charge in [0.25, 0.3) is 0 Å². The minimum absolute atomic E-state index is 0.0622. The van der Waals surface area contributed by atoms with Crippen LogP contribution in [0, 0.1) is 5.41 Å². The summed E-state index contributed by atoms with van der Waals surface area (Å²) in [6, 6.07) is 1.03. The van der Waals surface area contributed by atoms with E-state index in [0.717, 1.165) is 12.8 Å². The van der Waals surface area contributed by atoms with Gasteiger partial charge in [0, 0.05) is 17.5 Å². The highest BCUT2D eigenvalue weighted by Crippen LogP contribution is 2.47. The number of rotatable bonds is 2. The van der Waals surface area contributed by atoms with E-state index in [-0.39, 0.29) is 12.0 Å². The molecule has 0 amide bonds. The summed E-state index contributed by atoms with van der Waals surface area (Å²) in [4.78, 5) is 2.40. The quantitative estimate of drug-likeness (QED) is 0.719. The molecule has 2 aliphatic heterocycles. The third-order valence-corrected chi connectivity index (χ3v) is 4.79. The van der Waals surface area contributed by atoms with Gasteiger partial charge in [-0.05, 0) is 32.7 Å². The van der Waals surface area contributed by atoms with Crippen LogP contribution in [0.1, 0.15) is 39.5 Å². The smallest absolute Gasteiger partial charge is 0.0750 e. The summed E-state index contributed by atoms with van der Waals surface area (Å²) in [5.74, 6) is 0. The SMILES string of the molecule is CN1C2CCC1CC(O)(C(C)(C)CO)C2. The molecule has 2 unspecified atom stereocenters. The van der Waals surface area contributed by atoms with E-state index in [1.54, 1.807) is 0 Å². The van der Waals surface area contributed by atoms with E-state index in [4.69, 9.17) is 0 Å². The zero-order valence-electron chi connectivity index (χ0n) is 10.0. The van der Waals surface area contributed by atoms with E-state index >= 15 is 0 Å². The first-order valence-electron chi connectivity index (χ1n) is 5.95. The molecule has 2 rings (SSSR count). The Balaban J connectivity index is 2.19. The number of fused-ring (bicyclic) bond motifs is 2. The first-order valence-corrected chi connectivity index (χ1v) is 5.95. The molecule has 0 aromatic carbocycles. The molecule has 2 N–H and O–H groups in total. The van der Waals surface area contributed by atoms with Crippen molar-refractivity contribution < 1.29 is 10.2 Å². The molecule has 3 heteroatoms. The maximum absolute atomic E-state index is 10.7. The minimum atomic E-state index is -0.680. The van der Waals surface area contributed by atoms with Crippen LogP contribution in [0.2, 0.25) is 0 Å². The van der Waals surface area contributed by atoms with E-state index in [9.17, 15) is 10.2 Å². The van der Waals surface area contributed by atoms with Gasteiger partial charge < -0.3 is 15.1 Å². The average molecular weight is 213 g/mol. The largest absolute Gasteiger partial charge is 0.396 e. The van der Waals surface area contributed by atoms with Gasteiger partial charge in [-0.25, -0.2) is 0 Å². The number of piperidine rings is 1. The van der Waals surface area contributed by atoms with Crippen molar-refractivity contribution in [1.82, 2.24) is 4.90 Å². The zero-order chi connectivity index (χ0) is 11.3. The Hall–Kier alpha value is -0.120. The van der Waals surface area contributed by atoms with Crippen molar-refractivity contribution in [2.45, 2.75) is 57.2 Å². The van der Waals surface area contributed by atoms with Crippen LogP contribution in [0.15, 0.2) is 0 Å². The standard InChI is InChI=1S/C12H23NO2/c1-11(2,8-14)12(15)6-9-4-5-10(7-12)13(9)3/h9-10,14-15H,4-8H2,1-3H3. The van der Waals surface area contributed by atoms with E-state index in [1.807, 2.05) is 13.8 Å². The Morgan fingerprint density at radius 1 is 1.27 bits per heavy atom. The van der Waals surface area contributed by atoms with Crippen molar-refractivity contribution in [2.24, 2.45) is 5.41 Å². The van der Waals surface area contributed by atoms with Gasteiger partial charge in [0.1, 0.15) is 0 Å². The molecule has 2 bridgehead atoms. The van der Waals surface area contributed by atoms with Crippen LogP contribution < -0.4 is 0 Å². The molecule has 0 aliphatic carbocycles. The third-order valence-electron chi connectivity index (χ3n) is 4.79. The second-order valence-corrected chi connectivity index (χ2v) is 6.03. The van der Waals surface area contributed by atoms with Gasteiger partial charge in [-0.3, -0.25) is 0 Å². The maximum atomic E-state index is 10.7. The monoisotopic (exact) mass is 213 g/mol. The molecule has 0 aromatic heterocycles. The molecule has 2 saturated heterocycles. The molecule has 88 valence electrons. The molecule has 15 heavy (non-hydrogen) atoms. The lowest BCUT2D eigenvalue weighted by atomic mass is 9.68. The Labute approximate surface area is 92.1 Å². The molecular weight excluding hydrogens is 190 g/mol. The van der Waals surface area contributed by atoms with Gasteiger partial charge in [-0.1, -0.05) is 13.8 Å². The van der Waals surface area contributed by atoms with Gasteiger partial charge in [0.05, 0.1) is 12.2 Å². The summed E-state index contributed by atoms with van der Waals surface area (Å²) in [5.41, 5.74) is -1.06. The van der Waals surface area contributed by atoms with E-state index in [0.29, 0.717) is 12.1 Å². The Bertz CT molecular complexity index is 238. The first-order chi connectivity index (χ1) is 6.89. The Kier molecular flexibility index (Phi) is 2.61. The van der Waals surface area contributed by atoms with Crippen LogP contribution in [0.5, 0.6) is 0 Å². The number of hydrogen-bond acceptors (Lipinski definition) is 3. The first kappa shape index (κ1) is 11.4. The predicted octanol–water partition coefficient (Wildman–Crippen LogP) is 0.993. The summed E-state index contributed by atoms with van der Waals surface area (Å²) >= 11 is 0. The van der Waals surface area contributed by atoms with Crippen molar-refractivity contribution in [1.29, 1.82) is 0 Å². The second-order valence-electron chi connectivity index (χ2n) is 6.03. The minimum Gasteiger partial charge on any atom is -0.396 e. The van der Waals surface area contributed by atoms with Crippen LogP contribution in [-0.4, -0.2) is 46.5 Å². The Morgan fingerprint density at radius 2 is 1.73 bits per heavy atom. The molecule has 0 aromatic rings. The highest BCUT2D eigenvalue weighted by molar-refractivity contribution is 5.06. The van der Waals surface area contributed by atoms with Gasteiger partial charge in [0.2, 0.25) is 0 Å². The molecule has 2 fully saturated rings. The number of aliphatic hydroxyl groups excluding tert-OH is 1. The average Bonchev–Trinajstić information content (AvgIpc) is 2.40. The van der Waals surface area contributed by atoms with Crippen LogP contribution in [0.4, 0.5) is 0 Å². The molecule has 0 spiro atoms. The van der Waals surface area contributed by atoms with Crippen LogP contribution >= 0.6 is 0 Å². The number of nitrogens with zero attached hydrogens (tertiary/aromatic N) is 1. The fraction of sp³-hybridized carbons (Fsp3) is 1.00. The van der Waals surface area contributed by atoms with Crippen molar-refractivity contribution >= 4 is 0 Å². The van der Waals surface area contributed by atoms with Crippen molar-refractivity contribution in [3.63, 3.8) is 0 Å². The number of hydrogen-bond donors (Lipinski definition) is 2. The van der Waals surface area contributed by atoms with E-state index in [2.05, 4.69) is 11.9 Å². The van der Waals surface area contributed by atoms with Crippen molar-refractivity contribution in [2.75, 3.05) is 13.7 Å². The van der Waals surface area contributed by atoms with Crippen molar-refractivity contribution in [3.8, 4) is 0 Å². The van der Waals surface area contributed by atoms with E-state index in [1.165, 1.54) is 12.8 Å². The number of aliphatic hydroxyl groups is 2. The third kappa shape index (κ3) is 1.61. The van der Waals surface area contributed by atoms with Gasteiger partial charge in [-0.2, -0.15) is 0 Å². The maximum Gasteiger partial charge on any atom is 0.0750 e. The molecule has 2 aliphatic rings. The fourth-order valence-corrected chi connectivity index (χ4v) is 3.14. The highest BCUT2D eigenvalue weighted by Gasteiger charge is 2.52. The van der Waals surface area contributed by atoms with E-state index < -0.39 is 5.60 Å². The lowest BCUT2D eigenvalue weighted by Gasteiger charge is -2.49. The summed E-state index contributed by atoms with van der Waals surface area (Å²) in [5, 5.41) is 20.1. The molecule has 0 radical (unpaired) electrons. The van der Waals surface area contributed by atoms with Gasteiger partial charge in [0.15, 0.2) is 0 Å². The summed E-state index contributed by atoms with van der Waals surface area (Å²) in [6.07, 6.45) is 4.02. The lowest BCUT2D eigenvalue weighted by molar-refractivity contribution is -0.137. The van der Waals surface area contributed by atoms with Crippen LogP contribution in [0.3, 0.4) is 0 Å². The molecule has 0 saturated carbocycles. The molecular formula is C12H23NO2. The van der Waals surface area contributed by atoms with Crippen LogP contribution in [-0.2, 0) is 0 Å². The lowest BCUT2D eigenvalue weighted by Crippen LogP contribution is -2.57. The Morgan fingerprint density at radius 3 is 2.13 bits per heavy atom. The van der Waals surface area contributed by atoms with Crippen LogP contribution in [0.25, 0.3) is 0 Å². The summed E-state index contributed by atoms with van der Waals surface area (Å²) < 4.78 is 0. The topological polar surface area (TPSA) is 43.7 Å². The molecule has 3 nitrogen and oxygen atoms in total. The van der Waals surface area contributed by atoms with Gasteiger partial charge in [-0.15, -0.1) is 0 Å². The molecule has 2 atom stereocenters. The highest BCUT2D eigenvalue weighted by atomic mass is 16.3. The molecule has 2 heterocycles. The predicted molar refractivity (Wildman–Crippen MR) is 59.6 cm³/mol. The summed E-state index contributed by atoms with van der Waals surface area (Å²) in [7, 11) is 2.16. The zero-order valence-corrected chi connectivity index (χ0v) is 10.0. The normalized spacial score (nSPS) is 42.2. The second kappa shape index (κ2) is 3.44. The van der Waals surface area contributed by atoms with Crippen molar-refractivity contribution in [3.05, 3.63) is 0 Å². The van der Waals surface area contributed by atoms with Gasteiger partial charge >= 0.3 is 0 Å².